The number of carbonyl (C=O) groups excluding carboxylic acids is 1. The molecule has 1 aromatic rings. The second kappa shape index (κ2) is 28.8. The van der Waals surface area contributed by atoms with Gasteiger partial charge in [0.2, 0.25) is 0 Å². The Labute approximate surface area is 255 Å². The van der Waals surface area contributed by atoms with Crippen molar-refractivity contribution in [2.24, 2.45) is 0 Å². The third-order valence-corrected chi connectivity index (χ3v) is 8.59. The number of benzene rings is 1. The molecule has 41 heavy (non-hydrogen) atoms. The molecule has 0 aliphatic heterocycles. The van der Waals surface area contributed by atoms with Crippen LogP contribution in [-0.4, -0.2) is 19.2 Å². The Balaban J connectivity index is 2.19. The summed E-state index contributed by atoms with van der Waals surface area (Å²) in [5.74, 6) is -0.237. The number of hydrogen-bond acceptors (Lipinski definition) is 3. The molecule has 0 saturated heterocycles. The third-order valence-electron chi connectivity index (χ3n) is 8.59. The van der Waals surface area contributed by atoms with Crippen LogP contribution < -0.4 is 0 Å². The topological polar surface area (TPSA) is 35.5 Å². The van der Waals surface area contributed by atoms with E-state index in [4.69, 9.17) is 9.47 Å². The van der Waals surface area contributed by atoms with E-state index >= 15 is 0 Å². The minimum Gasteiger partial charge on any atom is -0.460 e. The highest BCUT2D eigenvalue weighted by atomic mass is 16.6. The van der Waals surface area contributed by atoms with Gasteiger partial charge in [-0.1, -0.05) is 185 Å². The number of ether oxygens (including phenoxy) is 2. The number of methoxy groups -OCH3 is 1. The minimum atomic E-state index is -0.636. The fourth-order valence-electron chi connectivity index (χ4n) is 5.91. The van der Waals surface area contributed by atoms with Crippen LogP contribution in [0.5, 0.6) is 0 Å². The number of esters is 1. The van der Waals surface area contributed by atoms with E-state index < -0.39 is 6.10 Å². The number of rotatable bonds is 30. The zero-order chi connectivity index (χ0) is 29.6. The highest BCUT2D eigenvalue weighted by Crippen LogP contribution is 2.23. The molecule has 0 spiro atoms. The Bertz CT molecular complexity index is 673. The lowest BCUT2D eigenvalue weighted by Crippen LogP contribution is -2.24. The van der Waals surface area contributed by atoms with Gasteiger partial charge in [-0.25, -0.2) is 4.79 Å². The highest BCUT2D eigenvalue weighted by Gasteiger charge is 2.24. The lowest BCUT2D eigenvalue weighted by molar-refractivity contribution is -0.162. The first-order valence-electron chi connectivity index (χ1n) is 18.0. The van der Waals surface area contributed by atoms with Crippen molar-refractivity contribution in [3.63, 3.8) is 0 Å². The molecule has 0 fully saturated rings. The second-order valence-corrected chi connectivity index (χ2v) is 12.4. The molecule has 0 unspecified atom stereocenters. The van der Waals surface area contributed by atoms with Gasteiger partial charge in [0.05, 0.1) is 0 Å². The quantitative estimate of drug-likeness (QED) is 0.0679. The average molecular weight is 573 g/mol. The molecule has 0 bridgehead atoms. The fraction of sp³-hybridized carbons (Fsp3) is 0.816. The molecule has 0 aliphatic carbocycles. The SMILES string of the molecule is CCCCCCCCCCCCCCCCCCC[C@H](CCCCCCCCC)OC(=O)[C@H](OC)c1ccccc1. The summed E-state index contributed by atoms with van der Waals surface area (Å²) in [4.78, 5) is 13.0. The van der Waals surface area contributed by atoms with Gasteiger partial charge < -0.3 is 9.47 Å². The number of hydrogen-bond donors (Lipinski definition) is 0. The lowest BCUT2D eigenvalue weighted by atomic mass is 10.0. The van der Waals surface area contributed by atoms with Crippen molar-refractivity contribution in [1.82, 2.24) is 0 Å². The van der Waals surface area contributed by atoms with E-state index in [0.29, 0.717) is 0 Å². The minimum absolute atomic E-state index is 0.0100. The molecule has 238 valence electrons. The summed E-state index contributed by atoms with van der Waals surface area (Å²) in [6.07, 6.45) is 33.8. The molecule has 0 N–H and O–H groups in total. The smallest absolute Gasteiger partial charge is 0.340 e. The molecule has 0 aliphatic rings. The molecular weight excluding hydrogens is 504 g/mol. The Morgan fingerprint density at radius 1 is 0.537 bits per heavy atom. The molecule has 1 aromatic carbocycles. The van der Waals surface area contributed by atoms with Crippen LogP contribution in [0.15, 0.2) is 30.3 Å². The van der Waals surface area contributed by atoms with Gasteiger partial charge in [0.25, 0.3) is 0 Å². The number of carbonyl (C=O) groups is 1. The lowest BCUT2D eigenvalue weighted by Gasteiger charge is -2.22. The standard InChI is InChI=1S/C38H68O3/c1-4-6-8-10-12-13-14-15-16-17-18-19-20-21-23-25-30-34-36(33-29-24-22-11-9-7-5-2)41-38(39)37(40-3)35-31-27-26-28-32-35/h26-28,31-32,36-37H,4-25,29-30,33-34H2,1-3H3/t36-,37+/m0/s1. The Morgan fingerprint density at radius 2 is 0.878 bits per heavy atom. The summed E-state index contributed by atoms with van der Waals surface area (Å²) in [7, 11) is 1.60. The monoisotopic (exact) mass is 573 g/mol. The van der Waals surface area contributed by atoms with E-state index in [1.807, 2.05) is 30.3 Å². The molecule has 0 saturated carbocycles. The maximum Gasteiger partial charge on any atom is 0.340 e. The molecule has 3 nitrogen and oxygen atoms in total. The van der Waals surface area contributed by atoms with Crippen molar-refractivity contribution in [3.8, 4) is 0 Å². The Morgan fingerprint density at radius 3 is 1.22 bits per heavy atom. The van der Waals surface area contributed by atoms with Crippen molar-refractivity contribution in [2.45, 2.75) is 193 Å². The van der Waals surface area contributed by atoms with E-state index in [2.05, 4.69) is 13.8 Å². The zero-order valence-corrected chi connectivity index (χ0v) is 27.7. The van der Waals surface area contributed by atoms with Crippen LogP contribution in [0.1, 0.15) is 192 Å². The molecule has 3 heteroatoms. The maximum atomic E-state index is 13.0. The number of unbranched alkanes of at least 4 members (excludes halogenated alkanes) is 22. The van der Waals surface area contributed by atoms with Gasteiger partial charge in [0.1, 0.15) is 6.10 Å². The highest BCUT2D eigenvalue weighted by molar-refractivity contribution is 5.76. The molecule has 0 radical (unpaired) electrons. The summed E-state index contributed by atoms with van der Waals surface area (Å²) < 4.78 is 11.6. The molecule has 0 aromatic heterocycles. The molecular formula is C38H68O3. The van der Waals surface area contributed by atoms with Crippen LogP contribution in [0.4, 0.5) is 0 Å². The van der Waals surface area contributed by atoms with Gasteiger partial charge in [-0.15, -0.1) is 0 Å². The van der Waals surface area contributed by atoms with Crippen molar-refractivity contribution in [3.05, 3.63) is 35.9 Å². The van der Waals surface area contributed by atoms with Crippen molar-refractivity contribution in [1.29, 1.82) is 0 Å². The summed E-state index contributed by atoms with van der Waals surface area (Å²) in [5.41, 5.74) is 0.868. The van der Waals surface area contributed by atoms with Gasteiger partial charge in [0, 0.05) is 7.11 Å². The largest absolute Gasteiger partial charge is 0.460 e. The second-order valence-electron chi connectivity index (χ2n) is 12.4. The van der Waals surface area contributed by atoms with Crippen molar-refractivity contribution >= 4 is 5.97 Å². The van der Waals surface area contributed by atoms with Gasteiger partial charge in [-0.05, 0) is 31.2 Å². The Kier molecular flexibility index (Phi) is 26.4. The van der Waals surface area contributed by atoms with Crippen LogP contribution >= 0.6 is 0 Å². The summed E-state index contributed by atoms with van der Waals surface area (Å²) in [6.45, 7) is 4.56. The van der Waals surface area contributed by atoms with Crippen LogP contribution in [-0.2, 0) is 14.3 Å². The molecule has 1 rings (SSSR count). The van der Waals surface area contributed by atoms with Gasteiger partial charge in [0.15, 0.2) is 6.10 Å². The van der Waals surface area contributed by atoms with Gasteiger partial charge in [-0.2, -0.15) is 0 Å². The van der Waals surface area contributed by atoms with Crippen LogP contribution in [0.3, 0.4) is 0 Å². The zero-order valence-electron chi connectivity index (χ0n) is 27.7. The van der Waals surface area contributed by atoms with E-state index in [-0.39, 0.29) is 12.1 Å². The average Bonchev–Trinajstić information content (AvgIpc) is 2.99. The summed E-state index contributed by atoms with van der Waals surface area (Å²) >= 11 is 0. The molecule has 0 heterocycles. The normalized spacial score (nSPS) is 12.9. The summed E-state index contributed by atoms with van der Waals surface area (Å²) in [5, 5.41) is 0. The van der Waals surface area contributed by atoms with Gasteiger partial charge in [-0.3, -0.25) is 0 Å². The molecule has 0 amide bonds. The van der Waals surface area contributed by atoms with Crippen molar-refractivity contribution in [2.75, 3.05) is 7.11 Å². The van der Waals surface area contributed by atoms with E-state index in [1.165, 1.54) is 141 Å². The molecule has 2 atom stereocenters. The first kappa shape index (κ1) is 37.7. The van der Waals surface area contributed by atoms with Crippen LogP contribution in [0, 0.1) is 0 Å². The third kappa shape index (κ3) is 21.9. The van der Waals surface area contributed by atoms with Gasteiger partial charge >= 0.3 is 5.97 Å². The predicted octanol–water partition coefficient (Wildman–Crippen LogP) is 12.5. The van der Waals surface area contributed by atoms with E-state index in [1.54, 1.807) is 7.11 Å². The fourth-order valence-corrected chi connectivity index (χ4v) is 5.91. The van der Waals surface area contributed by atoms with Crippen molar-refractivity contribution < 1.29 is 14.3 Å². The maximum absolute atomic E-state index is 13.0. The summed E-state index contributed by atoms with van der Waals surface area (Å²) in [6, 6.07) is 9.74. The Hall–Kier alpha value is -1.35. The van der Waals surface area contributed by atoms with E-state index in [0.717, 1.165) is 31.2 Å². The van der Waals surface area contributed by atoms with Crippen LogP contribution in [0.25, 0.3) is 0 Å². The van der Waals surface area contributed by atoms with E-state index in [9.17, 15) is 4.79 Å². The first-order chi connectivity index (χ1) is 20.2. The predicted molar refractivity (Wildman–Crippen MR) is 177 cm³/mol. The van der Waals surface area contributed by atoms with Crippen LogP contribution in [0.2, 0.25) is 0 Å². The first-order valence-corrected chi connectivity index (χ1v) is 18.0.